The van der Waals surface area contributed by atoms with Crippen LogP contribution in [0.25, 0.3) is 11.0 Å². The number of anilines is 1. The Bertz CT molecular complexity index is 1280. The van der Waals surface area contributed by atoms with Crippen molar-refractivity contribution in [1.82, 2.24) is 21.1 Å². The van der Waals surface area contributed by atoms with E-state index in [9.17, 15) is 19.2 Å². The summed E-state index contributed by atoms with van der Waals surface area (Å²) in [7, 11) is 0. The summed E-state index contributed by atoms with van der Waals surface area (Å²) < 4.78 is 27.2. The third-order valence-electron chi connectivity index (χ3n) is 7.43. The summed E-state index contributed by atoms with van der Waals surface area (Å²) in [5, 5.41) is 11.2. The van der Waals surface area contributed by atoms with Crippen molar-refractivity contribution < 1.29 is 32.8 Å². The minimum absolute atomic E-state index is 0.0602. The van der Waals surface area contributed by atoms with Crippen LogP contribution in [0.4, 0.5) is 14.9 Å². The average molecular weight is 485 g/mol. The molecule has 1 spiro atoms. The molecule has 4 heterocycles. The van der Waals surface area contributed by atoms with Gasteiger partial charge in [-0.15, -0.1) is 0 Å². The van der Waals surface area contributed by atoms with Crippen molar-refractivity contribution in [3.05, 3.63) is 23.1 Å². The Hall–Kier alpha value is -3.54. The van der Waals surface area contributed by atoms with Gasteiger partial charge in [-0.25, -0.2) is 9.18 Å². The molecule has 3 fully saturated rings. The first-order valence-electron chi connectivity index (χ1n) is 11.7. The van der Waals surface area contributed by atoms with Crippen molar-refractivity contribution in [2.75, 3.05) is 18.0 Å². The van der Waals surface area contributed by atoms with Crippen LogP contribution in [-0.2, 0) is 20.7 Å². The molecule has 0 bridgehead atoms. The van der Waals surface area contributed by atoms with Crippen molar-refractivity contribution in [3.63, 3.8) is 0 Å². The maximum absolute atomic E-state index is 16.0. The number of urea groups is 1. The van der Waals surface area contributed by atoms with Crippen LogP contribution in [0.5, 0.6) is 0 Å². The van der Waals surface area contributed by atoms with Gasteiger partial charge >= 0.3 is 6.03 Å². The number of hydrogen-bond acceptors (Lipinski definition) is 8. The number of hydrogen-bond donors (Lipinski definition) is 3. The Kier molecular flexibility index (Phi) is 4.69. The lowest BCUT2D eigenvalue weighted by molar-refractivity contribution is -0.153. The SMILES string of the molecule is C[C@@H]1CN2c3c(cc4c(C(=O)NCC5CC5)noc4c3F)CC3(C(=O)NC(=O)NC3=O)[C@H]2[C@H](C)O1. The fourth-order valence-electron chi connectivity index (χ4n) is 5.76. The summed E-state index contributed by atoms with van der Waals surface area (Å²) in [4.78, 5) is 52.7. The van der Waals surface area contributed by atoms with E-state index in [2.05, 4.69) is 21.1 Å². The lowest BCUT2D eigenvalue weighted by Crippen LogP contribution is -2.75. The molecule has 3 aliphatic heterocycles. The molecule has 3 atom stereocenters. The zero-order chi connectivity index (χ0) is 24.6. The molecule has 6 rings (SSSR count). The lowest BCUT2D eigenvalue weighted by Gasteiger charge is -2.55. The number of barbiturate groups is 1. The number of halogens is 1. The van der Waals surface area contributed by atoms with Gasteiger partial charge in [0.1, 0.15) is 0 Å². The number of rotatable bonds is 3. The lowest BCUT2D eigenvalue weighted by atomic mass is 9.66. The minimum atomic E-state index is -1.74. The van der Waals surface area contributed by atoms with Crippen molar-refractivity contribution in [2.24, 2.45) is 11.3 Å². The van der Waals surface area contributed by atoms with E-state index in [4.69, 9.17) is 9.26 Å². The zero-order valence-corrected chi connectivity index (χ0v) is 19.1. The van der Waals surface area contributed by atoms with Crippen LogP contribution in [-0.4, -0.2) is 60.2 Å². The molecule has 1 aliphatic carbocycles. The summed E-state index contributed by atoms with van der Waals surface area (Å²) in [6.07, 6.45) is 0.944. The fourth-order valence-corrected chi connectivity index (χ4v) is 5.76. The van der Waals surface area contributed by atoms with Gasteiger partial charge in [-0.1, -0.05) is 5.16 Å². The molecule has 1 aromatic carbocycles. The molecule has 4 aliphatic rings. The van der Waals surface area contributed by atoms with Gasteiger partial charge in [0.05, 0.1) is 29.3 Å². The normalized spacial score (nSPS) is 27.3. The number of fused-ring (bicyclic) bond motifs is 5. The van der Waals surface area contributed by atoms with Crippen LogP contribution in [0.1, 0.15) is 42.7 Å². The Balaban J connectivity index is 1.51. The maximum atomic E-state index is 16.0. The van der Waals surface area contributed by atoms with Gasteiger partial charge in [0.2, 0.25) is 17.4 Å². The first kappa shape index (κ1) is 22.0. The van der Waals surface area contributed by atoms with Crippen LogP contribution < -0.4 is 20.9 Å². The number of carbonyl (C=O) groups is 4. The van der Waals surface area contributed by atoms with Crippen molar-refractivity contribution in [1.29, 1.82) is 0 Å². The van der Waals surface area contributed by atoms with Gasteiger partial charge in [-0.3, -0.25) is 25.0 Å². The predicted molar refractivity (Wildman–Crippen MR) is 118 cm³/mol. The van der Waals surface area contributed by atoms with Gasteiger partial charge in [0.25, 0.3) is 5.91 Å². The topological polar surface area (TPSA) is 143 Å². The van der Waals surface area contributed by atoms with E-state index in [-0.39, 0.29) is 41.4 Å². The standard InChI is InChI=1S/C23H24FN5O6/c1-9-8-29-16-12(6-23(18(29)10(2)34-9)20(31)26-22(33)27-21(23)32)5-13-15(28-35-17(13)14(16)24)19(30)25-7-11-3-4-11/h5,9-11,18H,3-4,6-8H2,1-2H3,(H,25,30)(H2,26,27,31,32,33)/t9-,10+,18-/m1/s1. The zero-order valence-electron chi connectivity index (χ0n) is 19.1. The first-order chi connectivity index (χ1) is 16.7. The number of ether oxygens (including phenoxy) is 1. The molecule has 0 radical (unpaired) electrons. The summed E-state index contributed by atoms with van der Waals surface area (Å²) in [6.45, 7) is 4.22. The molecular formula is C23H24FN5O6. The largest absolute Gasteiger partial charge is 0.372 e. The van der Waals surface area contributed by atoms with Gasteiger partial charge in [-0.05, 0) is 44.2 Å². The second-order valence-electron chi connectivity index (χ2n) is 9.89. The number of aromatic nitrogens is 1. The smallest absolute Gasteiger partial charge is 0.328 e. The van der Waals surface area contributed by atoms with Gasteiger partial charge in [0, 0.05) is 19.5 Å². The molecule has 184 valence electrons. The number of imide groups is 2. The van der Waals surface area contributed by atoms with Crippen molar-refractivity contribution in [3.8, 4) is 0 Å². The third kappa shape index (κ3) is 3.15. The fraction of sp³-hybridized carbons (Fsp3) is 0.522. The van der Waals surface area contributed by atoms with Crippen LogP contribution >= 0.6 is 0 Å². The van der Waals surface area contributed by atoms with Gasteiger partial charge in [-0.2, -0.15) is 0 Å². The highest BCUT2D eigenvalue weighted by Gasteiger charge is 2.63. The van der Waals surface area contributed by atoms with Gasteiger partial charge in [0.15, 0.2) is 16.9 Å². The highest BCUT2D eigenvalue weighted by Crippen LogP contribution is 2.49. The molecule has 2 aromatic rings. The summed E-state index contributed by atoms with van der Waals surface area (Å²) in [5.41, 5.74) is -1.46. The Morgan fingerprint density at radius 2 is 1.97 bits per heavy atom. The number of morpholine rings is 1. The molecule has 1 aromatic heterocycles. The first-order valence-corrected chi connectivity index (χ1v) is 11.7. The van der Waals surface area contributed by atoms with E-state index in [1.165, 1.54) is 0 Å². The summed E-state index contributed by atoms with van der Waals surface area (Å²) in [5.74, 6) is -2.31. The van der Waals surface area contributed by atoms with E-state index in [1.54, 1.807) is 17.9 Å². The van der Waals surface area contributed by atoms with E-state index >= 15 is 4.39 Å². The van der Waals surface area contributed by atoms with Crippen molar-refractivity contribution in [2.45, 2.75) is 51.4 Å². The summed E-state index contributed by atoms with van der Waals surface area (Å²) in [6, 6.07) is -0.234. The molecule has 35 heavy (non-hydrogen) atoms. The maximum Gasteiger partial charge on any atom is 0.328 e. The van der Waals surface area contributed by atoms with Gasteiger partial charge < -0.3 is 19.5 Å². The number of carbonyl (C=O) groups excluding carboxylic acids is 4. The highest BCUT2D eigenvalue weighted by atomic mass is 19.1. The highest BCUT2D eigenvalue weighted by molar-refractivity contribution is 6.20. The Morgan fingerprint density at radius 1 is 1.26 bits per heavy atom. The molecule has 2 saturated heterocycles. The number of nitrogens with zero attached hydrogens (tertiary/aromatic N) is 2. The minimum Gasteiger partial charge on any atom is -0.372 e. The Labute approximate surface area is 198 Å². The molecule has 1 saturated carbocycles. The molecule has 3 N–H and O–H groups in total. The summed E-state index contributed by atoms with van der Waals surface area (Å²) >= 11 is 0. The number of benzene rings is 1. The quantitative estimate of drug-likeness (QED) is 0.547. The van der Waals surface area contributed by atoms with E-state index in [0.29, 0.717) is 18.0 Å². The van der Waals surface area contributed by atoms with Crippen LogP contribution in [0.3, 0.4) is 0 Å². The number of nitrogens with one attached hydrogen (secondary N) is 3. The van der Waals surface area contributed by atoms with Crippen LogP contribution in [0.2, 0.25) is 0 Å². The molecule has 12 heteroatoms. The second kappa shape index (κ2) is 7.48. The predicted octanol–water partition coefficient (Wildman–Crippen LogP) is 0.997. The van der Waals surface area contributed by atoms with Crippen LogP contribution in [0, 0.1) is 17.2 Å². The molecule has 0 unspecified atom stereocenters. The monoisotopic (exact) mass is 485 g/mol. The number of amides is 5. The van der Waals surface area contributed by atoms with Crippen molar-refractivity contribution >= 4 is 40.4 Å². The average Bonchev–Trinajstić information content (AvgIpc) is 3.52. The Morgan fingerprint density at radius 3 is 2.66 bits per heavy atom. The van der Waals surface area contributed by atoms with E-state index < -0.39 is 47.1 Å². The molecule has 5 amide bonds. The third-order valence-corrected chi connectivity index (χ3v) is 7.43. The second-order valence-corrected chi connectivity index (χ2v) is 9.89. The molecule has 11 nitrogen and oxygen atoms in total. The van der Waals surface area contributed by atoms with Crippen LogP contribution in [0.15, 0.2) is 10.6 Å². The van der Waals surface area contributed by atoms with E-state index in [1.807, 2.05) is 6.92 Å². The molecular weight excluding hydrogens is 461 g/mol. The van der Waals surface area contributed by atoms with E-state index in [0.717, 1.165) is 12.8 Å².